The average Bonchev–Trinajstić information content (AvgIpc) is 2.77. The normalized spacial score (nSPS) is 13.2. The van der Waals surface area contributed by atoms with Crippen LogP contribution < -0.4 is 5.73 Å². The number of ether oxygens (including phenoxy) is 1. The lowest BCUT2D eigenvalue weighted by molar-refractivity contribution is -0.165. The van der Waals surface area contributed by atoms with Gasteiger partial charge >= 0.3 is 17.9 Å². The Hall–Kier alpha value is -3.27. The molecule has 0 aliphatic carbocycles. The highest BCUT2D eigenvalue weighted by Gasteiger charge is 2.29. The average molecular weight is 433 g/mol. The van der Waals surface area contributed by atoms with Crippen LogP contribution in [0.2, 0.25) is 0 Å². The zero-order chi connectivity index (χ0) is 23.4. The van der Waals surface area contributed by atoms with E-state index in [1.807, 2.05) is 37.3 Å². The molecule has 0 saturated heterocycles. The molecule has 0 spiro atoms. The Morgan fingerprint density at radius 1 is 0.871 bits per heavy atom. The molecule has 9 heteroatoms. The topological polar surface area (TPSA) is 167 Å². The summed E-state index contributed by atoms with van der Waals surface area (Å²) in [5, 5.41) is 32.5. The van der Waals surface area contributed by atoms with Gasteiger partial charge in [-0.2, -0.15) is 0 Å². The van der Waals surface area contributed by atoms with Crippen molar-refractivity contribution in [1.29, 1.82) is 0 Å². The molecule has 2 rings (SSSR count). The van der Waals surface area contributed by atoms with E-state index in [-0.39, 0.29) is 5.97 Å². The number of hydrogen-bond acceptors (Lipinski definition) is 7. The molecule has 0 radical (unpaired) electrons. The fourth-order valence-corrected chi connectivity index (χ4v) is 2.38. The molecule has 0 aliphatic heterocycles. The Labute approximate surface area is 179 Å². The number of aliphatic hydroxyl groups is 2. The molecule has 0 amide bonds. The van der Waals surface area contributed by atoms with Gasteiger partial charge in [0.15, 0.2) is 12.2 Å². The van der Waals surface area contributed by atoms with E-state index < -0.39 is 30.2 Å². The summed E-state index contributed by atoms with van der Waals surface area (Å²) in [6.07, 6.45) is -3.23. The van der Waals surface area contributed by atoms with Crippen LogP contribution in [0.3, 0.4) is 0 Å². The number of esters is 1. The first-order valence-electron chi connectivity index (χ1n) is 9.55. The Balaban J connectivity index is 0.000000407. The lowest BCUT2D eigenvalue weighted by Crippen LogP contribution is -2.39. The summed E-state index contributed by atoms with van der Waals surface area (Å²) >= 11 is 0. The summed E-state index contributed by atoms with van der Waals surface area (Å²) in [4.78, 5) is 31.2. The zero-order valence-electron chi connectivity index (χ0n) is 17.0. The van der Waals surface area contributed by atoms with Crippen molar-refractivity contribution in [2.75, 3.05) is 6.61 Å². The van der Waals surface area contributed by atoms with Gasteiger partial charge in [-0.25, -0.2) is 9.59 Å². The van der Waals surface area contributed by atoms with Crippen LogP contribution in [0.1, 0.15) is 18.9 Å². The minimum absolute atomic E-state index is 0.330. The van der Waals surface area contributed by atoms with Crippen LogP contribution in [0, 0.1) is 0 Å². The molecule has 0 heterocycles. The van der Waals surface area contributed by atoms with Gasteiger partial charge in [0.2, 0.25) is 0 Å². The highest BCUT2D eigenvalue weighted by molar-refractivity contribution is 5.83. The Kier molecular flexibility index (Phi) is 10.9. The van der Waals surface area contributed by atoms with E-state index in [0.29, 0.717) is 13.0 Å². The van der Waals surface area contributed by atoms with Gasteiger partial charge in [0.05, 0.1) is 6.61 Å². The monoisotopic (exact) mass is 433 g/mol. The third-order valence-corrected chi connectivity index (χ3v) is 4.07. The van der Waals surface area contributed by atoms with Crippen molar-refractivity contribution in [3.8, 4) is 11.1 Å². The second-order valence-corrected chi connectivity index (χ2v) is 6.61. The van der Waals surface area contributed by atoms with Crippen molar-refractivity contribution in [3.05, 3.63) is 60.2 Å². The fourth-order valence-electron chi connectivity index (χ4n) is 2.38. The lowest BCUT2D eigenvalue weighted by atomic mass is 10.0. The molecule has 9 nitrogen and oxygen atoms in total. The molecule has 0 saturated carbocycles. The summed E-state index contributed by atoms with van der Waals surface area (Å²) < 4.78 is 5.05. The summed E-state index contributed by atoms with van der Waals surface area (Å²) in [6, 6.07) is 17.7. The van der Waals surface area contributed by atoms with Crippen molar-refractivity contribution in [2.45, 2.75) is 38.0 Å². The van der Waals surface area contributed by atoms with E-state index in [1.165, 1.54) is 5.56 Å². The number of nitrogens with two attached hydrogens (primary N) is 1. The largest absolute Gasteiger partial charge is 0.479 e. The number of carbonyl (C=O) groups excluding carboxylic acids is 1. The van der Waals surface area contributed by atoms with Gasteiger partial charge in [0.1, 0.15) is 6.04 Å². The molecule has 3 unspecified atom stereocenters. The molecule has 0 bridgehead atoms. The molecular weight excluding hydrogens is 406 g/mol. The first-order chi connectivity index (χ1) is 14.7. The minimum atomic E-state index is -2.27. The maximum atomic E-state index is 11.6. The Bertz CT molecular complexity index is 820. The number of rotatable bonds is 9. The molecule has 31 heavy (non-hydrogen) atoms. The standard InChI is InChI=1S/C18H21NO2.C4H6O6/c1-2-12-21-18(20)17(19)13-14-8-10-16(11-9-14)15-6-4-3-5-7-15;5-1(3(7)8)2(6)4(9)10/h3-11,17H,2,12-13,19H2,1H3;1-2,5-6H,(H,7,8)(H,9,10). The number of aliphatic carboxylic acids is 2. The van der Waals surface area contributed by atoms with Gasteiger partial charge in [-0.15, -0.1) is 0 Å². The van der Waals surface area contributed by atoms with Crippen molar-refractivity contribution in [3.63, 3.8) is 0 Å². The van der Waals surface area contributed by atoms with Gasteiger partial charge in [-0.05, 0) is 29.5 Å². The predicted octanol–water partition coefficient (Wildman–Crippen LogP) is 1.05. The van der Waals surface area contributed by atoms with Crippen molar-refractivity contribution < 1.29 is 39.5 Å². The molecule has 6 N–H and O–H groups in total. The second-order valence-electron chi connectivity index (χ2n) is 6.61. The van der Waals surface area contributed by atoms with Gasteiger partial charge in [0.25, 0.3) is 0 Å². The summed E-state index contributed by atoms with van der Waals surface area (Å²) in [6.45, 7) is 2.39. The predicted molar refractivity (Wildman–Crippen MR) is 112 cm³/mol. The third-order valence-electron chi connectivity index (χ3n) is 4.07. The van der Waals surface area contributed by atoms with E-state index in [4.69, 9.17) is 30.9 Å². The first kappa shape index (κ1) is 25.8. The quantitative estimate of drug-likeness (QED) is 0.363. The van der Waals surface area contributed by atoms with Crippen molar-refractivity contribution >= 4 is 17.9 Å². The second kappa shape index (κ2) is 13.1. The third kappa shape index (κ3) is 8.95. The molecule has 2 aromatic carbocycles. The van der Waals surface area contributed by atoms with E-state index in [0.717, 1.165) is 17.5 Å². The van der Waals surface area contributed by atoms with E-state index >= 15 is 0 Å². The van der Waals surface area contributed by atoms with E-state index in [2.05, 4.69) is 24.3 Å². The SMILES string of the molecule is CCCOC(=O)C(N)Cc1ccc(-c2ccccc2)cc1.O=C(O)C(O)C(O)C(=O)O. The van der Waals surface area contributed by atoms with Gasteiger partial charge in [-0.1, -0.05) is 61.5 Å². The fraction of sp³-hybridized carbons (Fsp3) is 0.318. The zero-order valence-corrected chi connectivity index (χ0v) is 17.0. The van der Waals surface area contributed by atoms with Crippen LogP contribution in [0.15, 0.2) is 54.6 Å². The first-order valence-corrected chi connectivity index (χ1v) is 9.55. The van der Waals surface area contributed by atoms with Gasteiger partial charge < -0.3 is 30.9 Å². The lowest BCUT2D eigenvalue weighted by Gasteiger charge is -2.11. The number of carboxylic acids is 2. The van der Waals surface area contributed by atoms with Crippen LogP contribution in [0.5, 0.6) is 0 Å². The van der Waals surface area contributed by atoms with Crippen LogP contribution in [-0.2, 0) is 25.5 Å². The van der Waals surface area contributed by atoms with Crippen LogP contribution in [-0.4, -0.2) is 63.2 Å². The van der Waals surface area contributed by atoms with Crippen molar-refractivity contribution in [2.24, 2.45) is 5.73 Å². The van der Waals surface area contributed by atoms with Crippen LogP contribution in [0.4, 0.5) is 0 Å². The number of carbonyl (C=O) groups is 3. The molecule has 0 fully saturated rings. The number of benzene rings is 2. The highest BCUT2D eigenvalue weighted by Crippen LogP contribution is 2.19. The summed E-state index contributed by atoms with van der Waals surface area (Å²) in [7, 11) is 0. The number of aliphatic hydroxyl groups excluding tert-OH is 2. The smallest absolute Gasteiger partial charge is 0.335 e. The maximum absolute atomic E-state index is 11.6. The van der Waals surface area contributed by atoms with Gasteiger partial charge in [0, 0.05) is 0 Å². The molecule has 0 aromatic heterocycles. The van der Waals surface area contributed by atoms with Gasteiger partial charge in [-0.3, -0.25) is 4.79 Å². The number of hydrogen-bond donors (Lipinski definition) is 5. The van der Waals surface area contributed by atoms with E-state index in [1.54, 1.807) is 0 Å². The molecule has 3 atom stereocenters. The molecule has 168 valence electrons. The molecule has 0 aliphatic rings. The maximum Gasteiger partial charge on any atom is 0.335 e. The van der Waals surface area contributed by atoms with Crippen molar-refractivity contribution in [1.82, 2.24) is 0 Å². The van der Waals surface area contributed by atoms with Crippen LogP contribution >= 0.6 is 0 Å². The minimum Gasteiger partial charge on any atom is -0.479 e. The molecular formula is C22H27NO8. The summed E-state index contributed by atoms with van der Waals surface area (Å²) in [5.74, 6) is -3.87. The summed E-state index contributed by atoms with van der Waals surface area (Å²) in [5.41, 5.74) is 9.23. The Morgan fingerprint density at radius 2 is 1.35 bits per heavy atom. The Morgan fingerprint density at radius 3 is 1.81 bits per heavy atom. The highest BCUT2D eigenvalue weighted by atomic mass is 16.5. The number of carboxylic acid groups (broad SMARTS) is 2. The van der Waals surface area contributed by atoms with Crippen LogP contribution in [0.25, 0.3) is 11.1 Å². The molecule has 2 aromatic rings. The van der Waals surface area contributed by atoms with E-state index in [9.17, 15) is 14.4 Å².